The van der Waals surface area contributed by atoms with Crippen LogP contribution >= 0.6 is 11.3 Å². The second kappa shape index (κ2) is 6.13. The smallest absolute Gasteiger partial charge is 0.247 e. The maximum absolute atomic E-state index is 13.4. The van der Waals surface area contributed by atoms with Crippen LogP contribution in [0, 0.1) is 0 Å². The minimum Gasteiger partial charge on any atom is -0.381 e. The molecule has 128 valence electrons. The van der Waals surface area contributed by atoms with Crippen molar-refractivity contribution in [2.75, 3.05) is 23.4 Å². The van der Waals surface area contributed by atoms with Gasteiger partial charge >= 0.3 is 0 Å². The minimum atomic E-state index is -0.579. The number of ether oxygens (including phenoxy) is 1. The maximum Gasteiger partial charge on any atom is 0.247 e. The van der Waals surface area contributed by atoms with Crippen molar-refractivity contribution in [3.8, 4) is 0 Å². The fraction of sp³-hybridized carbons (Fsp3) is 0.263. The van der Waals surface area contributed by atoms with E-state index < -0.39 is 5.41 Å². The van der Waals surface area contributed by atoms with E-state index in [1.807, 2.05) is 35.0 Å². The summed E-state index contributed by atoms with van der Waals surface area (Å²) in [6.07, 6.45) is 2.54. The molecule has 0 atom stereocenters. The zero-order chi connectivity index (χ0) is 17.4. The summed E-state index contributed by atoms with van der Waals surface area (Å²) in [4.78, 5) is 26.8. The molecule has 1 fully saturated rings. The normalized spacial score (nSPS) is 18.2. The van der Waals surface area contributed by atoms with Crippen molar-refractivity contribution >= 4 is 40.2 Å². The Morgan fingerprint density at radius 3 is 2.80 bits per heavy atom. The summed E-state index contributed by atoms with van der Waals surface area (Å²) in [7, 11) is 0. The van der Waals surface area contributed by atoms with Gasteiger partial charge in [-0.1, -0.05) is 6.58 Å². The fourth-order valence-corrected chi connectivity index (χ4v) is 4.29. The molecule has 2 aromatic rings. The van der Waals surface area contributed by atoms with Crippen molar-refractivity contribution in [2.24, 2.45) is 0 Å². The Hall–Kier alpha value is -2.44. The number of rotatable bonds is 3. The topological polar surface area (TPSA) is 58.6 Å². The van der Waals surface area contributed by atoms with Gasteiger partial charge in [-0.3, -0.25) is 14.5 Å². The first-order valence-corrected chi connectivity index (χ1v) is 9.12. The zero-order valence-corrected chi connectivity index (χ0v) is 14.5. The third-order valence-electron chi connectivity index (χ3n) is 4.93. The summed E-state index contributed by atoms with van der Waals surface area (Å²) in [6.45, 7) is 4.60. The number of amides is 2. The van der Waals surface area contributed by atoms with Crippen LogP contribution in [0.25, 0.3) is 0 Å². The summed E-state index contributed by atoms with van der Waals surface area (Å²) in [6, 6.07) is 7.61. The highest BCUT2D eigenvalue weighted by atomic mass is 32.1. The summed E-state index contributed by atoms with van der Waals surface area (Å²) in [5.41, 5.74) is 2.84. The lowest BCUT2D eigenvalue weighted by molar-refractivity contribution is -0.125. The van der Waals surface area contributed by atoms with Crippen LogP contribution in [0.4, 0.5) is 17.1 Å². The lowest BCUT2D eigenvalue weighted by Gasteiger charge is -2.32. The molecule has 5 nitrogen and oxygen atoms in total. The molecule has 0 saturated carbocycles. The van der Waals surface area contributed by atoms with Crippen LogP contribution < -0.4 is 10.2 Å². The van der Waals surface area contributed by atoms with Crippen molar-refractivity contribution in [3.63, 3.8) is 0 Å². The molecule has 1 N–H and O–H groups in total. The summed E-state index contributed by atoms with van der Waals surface area (Å²) in [5, 5.41) is 6.74. The number of hydrogen-bond acceptors (Lipinski definition) is 4. The number of nitrogens with one attached hydrogen (secondary N) is 1. The molecule has 1 spiro atoms. The molecule has 1 aromatic carbocycles. The van der Waals surface area contributed by atoms with E-state index in [-0.39, 0.29) is 11.8 Å². The molecule has 25 heavy (non-hydrogen) atoms. The Kier molecular flexibility index (Phi) is 3.94. The van der Waals surface area contributed by atoms with E-state index in [0.717, 1.165) is 16.9 Å². The number of thiophene rings is 1. The standard InChI is InChI=1S/C19H18N2O3S/c1-2-17(22)20-13-3-4-16-15(11-13)19(6-8-24-9-7-19)18(23)21(16)14-5-10-25-12-14/h2-5,10-12H,1,6-9H2,(H,20,22). The van der Waals surface area contributed by atoms with Gasteiger partial charge in [0.05, 0.1) is 16.8 Å². The number of carbonyl (C=O) groups excluding carboxylic acids is 2. The molecule has 2 aliphatic heterocycles. The van der Waals surface area contributed by atoms with Crippen molar-refractivity contribution in [1.82, 2.24) is 0 Å². The second-order valence-corrected chi connectivity index (χ2v) is 7.02. The molecule has 0 aliphatic carbocycles. The monoisotopic (exact) mass is 354 g/mol. The Balaban J connectivity index is 1.84. The van der Waals surface area contributed by atoms with E-state index in [1.54, 1.807) is 16.2 Å². The predicted molar refractivity (Wildman–Crippen MR) is 98.5 cm³/mol. The average Bonchev–Trinajstić information content (AvgIpc) is 3.23. The molecule has 2 aliphatic rings. The quantitative estimate of drug-likeness (QED) is 0.857. The average molecular weight is 354 g/mol. The number of benzene rings is 1. The summed E-state index contributed by atoms with van der Waals surface area (Å²) >= 11 is 1.57. The van der Waals surface area contributed by atoms with Crippen LogP contribution in [-0.4, -0.2) is 25.0 Å². The van der Waals surface area contributed by atoms with E-state index in [9.17, 15) is 9.59 Å². The highest BCUT2D eigenvalue weighted by molar-refractivity contribution is 7.08. The van der Waals surface area contributed by atoms with Gasteiger partial charge in [-0.25, -0.2) is 0 Å². The number of hydrogen-bond donors (Lipinski definition) is 1. The van der Waals surface area contributed by atoms with Crippen LogP contribution in [0.15, 0.2) is 47.7 Å². The van der Waals surface area contributed by atoms with E-state index in [0.29, 0.717) is 31.7 Å². The molecule has 4 rings (SSSR count). The molecular formula is C19H18N2O3S. The Bertz CT molecular complexity index is 838. The highest BCUT2D eigenvalue weighted by Gasteiger charge is 2.52. The minimum absolute atomic E-state index is 0.0939. The van der Waals surface area contributed by atoms with Crippen LogP contribution in [0.5, 0.6) is 0 Å². The lowest BCUT2D eigenvalue weighted by atomic mass is 9.75. The van der Waals surface area contributed by atoms with Crippen LogP contribution in [0.1, 0.15) is 18.4 Å². The van der Waals surface area contributed by atoms with E-state index >= 15 is 0 Å². The van der Waals surface area contributed by atoms with Crippen LogP contribution in [0.2, 0.25) is 0 Å². The van der Waals surface area contributed by atoms with Crippen molar-refractivity contribution in [1.29, 1.82) is 0 Å². The summed E-state index contributed by atoms with van der Waals surface area (Å²) < 4.78 is 5.51. The molecule has 1 aromatic heterocycles. The predicted octanol–water partition coefficient (Wildman–Crippen LogP) is 3.60. The van der Waals surface area contributed by atoms with Crippen molar-refractivity contribution in [3.05, 3.63) is 53.2 Å². The highest BCUT2D eigenvalue weighted by Crippen LogP contribution is 2.51. The molecule has 1 saturated heterocycles. The van der Waals surface area contributed by atoms with Crippen molar-refractivity contribution in [2.45, 2.75) is 18.3 Å². The van der Waals surface area contributed by atoms with Gasteiger partial charge in [-0.05, 0) is 54.1 Å². The fourth-order valence-electron chi connectivity index (χ4n) is 3.67. The first-order chi connectivity index (χ1) is 12.2. The first-order valence-electron chi connectivity index (χ1n) is 8.18. The lowest BCUT2D eigenvalue weighted by Crippen LogP contribution is -2.42. The Labute approximate surface area is 149 Å². The Morgan fingerprint density at radius 1 is 1.32 bits per heavy atom. The molecule has 3 heterocycles. The molecule has 0 unspecified atom stereocenters. The van der Waals surface area contributed by atoms with Gasteiger partial charge in [0.25, 0.3) is 0 Å². The largest absolute Gasteiger partial charge is 0.381 e. The molecule has 2 amide bonds. The van der Waals surface area contributed by atoms with Crippen LogP contribution in [-0.2, 0) is 19.7 Å². The van der Waals surface area contributed by atoms with E-state index in [2.05, 4.69) is 11.9 Å². The SMILES string of the molecule is C=CC(=O)Nc1ccc2c(c1)C1(CCOCC1)C(=O)N2c1ccsc1. The van der Waals surface area contributed by atoms with Gasteiger partial charge in [0, 0.05) is 24.3 Å². The van der Waals surface area contributed by atoms with Gasteiger partial charge in [0.15, 0.2) is 0 Å². The molecule has 0 radical (unpaired) electrons. The number of carbonyl (C=O) groups is 2. The number of anilines is 3. The van der Waals surface area contributed by atoms with Crippen molar-refractivity contribution < 1.29 is 14.3 Å². The summed E-state index contributed by atoms with van der Waals surface area (Å²) in [5.74, 6) is -0.170. The first kappa shape index (κ1) is 16.1. The molecular weight excluding hydrogens is 336 g/mol. The molecule has 6 heteroatoms. The molecule has 0 bridgehead atoms. The zero-order valence-electron chi connectivity index (χ0n) is 13.7. The van der Waals surface area contributed by atoms with Gasteiger partial charge < -0.3 is 10.1 Å². The van der Waals surface area contributed by atoms with Crippen LogP contribution in [0.3, 0.4) is 0 Å². The number of fused-ring (bicyclic) bond motifs is 2. The maximum atomic E-state index is 13.4. The third-order valence-corrected chi connectivity index (χ3v) is 5.60. The van der Waals surface area contributed by atoms with Gasteiger partial charge in [-0.15, -0.1) is 0 Å². The number of nitrogens with zero attached hydrogens (tertiary/aromatic N) is 1. The van der Waals surface area contributed by atoms with E-state index in [4.69, 9.17) is 4.74 Å². The van der Waals surface area contributed by atoms with Gasteiger partial charge in [0.1, 0.15) is 0 Å². The Morgan fingerprint density at radius 2 is 2.12 bits per heavy atom. The third kappa shape index (κ3) is 2.49. The van der Waals surface area contributed by atoms with Gasteiger partial charge in [0.2, 0.25) is 11.8 Å². The second-order valence-electron chi connectivity index (χ2n) is 6.24. The van der Waals surface area contributed by atoms with Gasteiger partial charge in [-0.2, -0.15) is 11.3 Å². The van der Waals surface area contributed by atoms with E-state index in [1.165, 1.54) is 6.08 Å².